The Morgan fingerprint density at radius 1 is 0.833 bits per heavy atom. The van der Waals surface area contributed by atoms with Gasteiger partial charge in [-0.3, -0.25) is 0 Å². The molecule has 0 aromatic rings. The van der Waals surface area contributed by atoms with Crippen molar-refractivity contribution in [1.82, 2.24) is 0 Å². The molecule has 4 rings (SSSR count). The Labute approximate surface area is 185 Å². The maximum atomic E-state index is 11.0. The molecule has 12 atom stereocenters. The predicted octanol–water partition coefficient (Wildman–Crippen LogP) is 5.41. The number of hydrogen-bond donors (Lipinski definition) is 3. The second-order valence-corrected chi connectivity index (χ2v) is 12.5. The second kappa shape index (κ2) is 8.34. The van der Waals surface area contributed by atoms with Gasteiger partial charge in [0.05, 0.1) is 18.3 Å². The number of hydrogen-bond acceptors (Lipinski definition) is 3. The molecule has 3 nitrogen and oxygen atoms in total. The average molecular weight is 421 g/mol. The highest BCUT2D eigenvalue weighted by Crippen LogP contribution is 2.68. The summed E-state index contributed by atoms with van der Waals surface area (Å²) < 4.78 is 0. The fourth-order valence-electron chi connectivity index (χ4n) is 9.27. The van der Waals surface area contributed by atoms with Crippen molar-refractivity contribution < 1.29 is 15.3 Å². The molecule has 0 aliphatic heterocycles. The van der Waals surface area contributed by atoms with Crippen LogP contribution in [0.4, 0.5) is 0 Å². The summed E-state index contributed by atoms with van der Waals surface area (Å²) in [6, 6.07) is 0. The van der Waals surface area contributed by atoms with Crippen LogP contribution in [0.2, 0.25) is 0 Å². The van der Waals surface area contributed by atoms with Crippen molar-refractivity contribution in [3.8, 4) is 0 Å². The van der Waals surface area contributed by atoms with Gasteiger partial charge in [-0.15, -0.1) is 0 Å². The lowest BCUT2D eigenvalue weighted by Crippen LogP contribution is -2.54. The first-order chi connectivity index (χ1) is 14.1. The molecule has 0 saturated heterocycles. The van der Waals surface area contributed by atoms with E-state index < -0.39 is 12.2 Å². The number of fused-ring (bicyclic) bond motifs is 5. The maximum absolute atomic E-state index is 11.0. The molecule has 0 amide bonds. The average Bonchev–Trinajstić information content (AvgIpc) is 3.09. The zero-order chi connectivity index (χ0) is 21.8. The topological polar surface area (TPSA) is 60.7 Å². The third-order valence-electron chi connectivity index (χ3n) is 11.5. The minimum absolute atomic E-state index is 0.0661. The van der Waals surface area contributed by atoms with Crippen LogP contribution in [0.25, 0.3) is 0 Å². The molecular weight excluding hydrogens is 372 g/mol. The molecular formula is C27H48O3. The van der Waals surface area contributed by atoms with Crippen LogP contribution in [0.15, 0.2) is 0 Å². The summed E-state index contributed by atoms with van der Waals surface area (Å²) in [5.74, 6) is 3.99. The molecule has 4 saturated carbocycles. The quantitative estimate of drug-likeness (QED) is 0.557. The molecule has 4 fully saturated rings. The molecule has 0 radical (unpaired) electrons. The molecule has 0 heterocycles. The van der Waals surface area contributed by atoms with Crippen molar-refractivity contribution in [1.29, 1.82) is 0 Å². The Balaban J connectivity index is 1.51. The van der Waals surface area contributed by atoms with Gasteiger partial charge in [0, 0.05) is 0 Å². The van der Waals surface area contributed by atoms with Gasteiger partial charge in [0.2, 0.25) is 0 Å². The van der Waals surface area contributed by atoms with Gasteiger partial charge in [-0.25, -0.2) is 0 Å². The monoisotopic (exact) mass is 420 g/mol. The SMILES string of the molecule is CC[C@@H](C)[C@@H](O)[C@H](O)[C@@H](C)[C@H]1CC[C@H]2[C@@H]3CC[C@H]4C[C@H](O)CC[C@]4(C)[C@H]3CC[C@@]12C. The first-order valence-corrected chi connectivity index (χ1v) is 13.2. The van der Waals surface area contributed by atoms with Crippen molar-refractivity contribution >= 4 is 0 Å². The lowest BCUT2D eigenvalue weighted by atomic mass is 9.44. The minimum atomic E-state index is -0.605. The fraction of sp³-hybridized carbons (Fsp3) is 1.00. The Hall–Kier alpha value is -0.120. The summed E-state index contributed by atoms with van der Waals surface area (Å²) in [5, 5.41) is 32.0. The molecule has 0 unspecified atom stereocenters. The predicted molar refractivity (Wildman–Crippen MR) is 122 cm³/mol. The normalized spacial score (nSPS) is 50.0. The highest BCUT2D eigenvalue weighted by Gasteiger charge is 2.61. The van der Waals surface area contributed by atoms with E-state index in [9.17, 15) is 15.3 Å². The van der Waals surface area contributed by atoms with E-state index in [2.05, 4.69) is 34.6 Å². The lowest BCUT2D eigenvalue weighted by Gasteiger charge is -2.61. The van der Waals surface area contributed by atoms with Gasteiger partial charge in [-0.05, 0) is 110 Å². The van der Waals surface area contributed by atoms with E-state index in [0.29, 0.717) is 16.7 Å². The van der Waals surface area contributed by atoms with Gasteiger partial charge >= 0.3 is 0 Å². The van der Waals surface area contributed by atoms with Crippen LogP contribution in [0.3, 0.4) is 0 Å². The molecule has 0 aromatic carbocycles. The molecule has 30 heavy (non-hydrogen) atoms. The van der Waals surface area contributed by atoms with Crippen molar-refractivity contribution in [3.63, 3.8) is 0 Å². The lowest BCUT2D eigenvalue weighted by molar-refractivity contribution is -0.136. The fourth-order valence-corrected chi connectivity index (χ4v) is 9.27. The van der Waals surface area contributed by atoms with E-state index in [-0.39, 0.29) is 17.9 Å². The van der Waals surface area contributed by atoms with Crippen molar-refractivity contribution in [2.24, 2.45) is 52.3 Å². The largest absolute Gasteiger partial charge is 0.393 e. The summed E-state index contributed by atoms with van der Waals surface area (Å²) in [6.07, 6.45) is 10.7. The Kier molecular flexibility index (Phi) is 6.41. The van der Waals surface area contributed by atoms with E-state index in [1.807, 2.05) is 0 Å². The van der Waals surface area contributed by atoms with Crippen LogP contribution in [0.5, 0.6) is 0 Å². The summed E-state index contributed by atoms with van der Waals surface area (Å²) >= 11 is 0. The van der Waals surface area contributed by atoms with Crippen LogP contribution in [0, 0.1) is 52.3 Å². The second-order valence-electron chi connectivity index (χ2n) is 12.5. The summed E-state index contributed by atoms with van der Waals surface area (Å²) in [7, 11) is 0. The third kappa shape index (κ3) is 3.50. The Morgan fingerprint density at radius 3 is 2.20 bits per heavy atom. The number of aliphatic hydroxyl groups is 3. The Bertz CT molecular complexity index is 607. The Morgan fingerprint density at radius 2 is 1.50 bits per heavy atom. The molecule has 174 valence electrons. The van der Waals surface area contributed by atoms with Gasteiger partial charge in [0.1, 0.15) is 0 Å². The zero-order valence-corrected chi connectivity index (χ0v) is 20.2. The molecule has 4 aliphatic carbocycles. The molecule has 0 spiro atoms. The van der Waals surface area contributed by atoms with Crippen molar-refractivity contribution in [3.05, 3.63) is 0 Å². The highest BCUT2D eigenvalue weighted by molar-refractivity contribution is 5.10. The van der Waals surface area contributed by atoms with Crippen molar-refractivity contribution in [2.45, 2.75) is 117 Å². The van der Waals surface area contributed by atoms with Gasteiger partial charge in [-0.2, -0.15) is 0 Å². The highest BCUT2D eigenvalue weighted by atomic mass is 16.3. The standard InChI is InChI=1S/C27H48O3/c1-6-16(2)24(29)25(30)17(3)21-9-10-22-20-8-7-18-15-19(28)11-13-26(18,4)23(20)12-14-27(21,22)5/h16-25,28-30H,6-15H2,1-5H3/t16-,17+,18+,19-,20+,21-,22+,23+,24-,25-,26+,27+/m1/s1. The number of aliphatic hydroxyl groups excluding tert-OH is 3. The minimum Gasteiger partial charge on any atom is -0.393 e. The molecule has 3 N–H and O–H groups in total. The van der Waals surface area contributed by atoms with Crippen molar-refractivity contribution in [2.75, 3.05) is 0 Å². The van der Waals surface area contributed by atoms with E-state index in [0.717, 1.165) is 42.9 Å². The first kappa shape index (κ1) is 23.1. The first-order valence-electron chi connectivity index (χ1n) is 13.2. The van der Waals surface area contributed by atoms with Gasteiger partial charge in [-0.1, -0.05) is 41.0 Å². The third-order valence-corrected chi connectivity index (χ3v) is 11.5. The zero-order valence-electron chi connectivity index (χ0n) is 20.2. The van der Waals surface area contributed by atoms with Gasteiger partial charge < -0.3 is 15.3 Å². The van der Waals surface area contributed by atoms with Gasteiger partial charge in [0.15, 0.2) is 0 Å². The molecule has 3 heteroatoms. The van der Waals surface area contributed by atoms with E-state index in [4.69, 9.17) is 0 Å². The van der Waals surface area contributed by atoms with Crippen LogP contribution in [-0.2, 0) is 0 Å². The van der Waals surface area contributed by atoms with Crippen LogP contribution in [0.1, 0.15) is 98.8 Å². The molecule has 4 aliphatic rings. The van der Waals surface area contributed by atoms with E-state index in [1.54, 1.807) is 0 Å². The van der Waals surface area contributed by atoms with Crippen LogP contribution >= 0.6 is 0 Å². The molecule has 0 aromatic heterocycles. The smallest absolute Gasteiger partial charge is 0.0830 e. The maximum Gasteiger partial charge on any atom is 0.0830 e. The summed E-state index contributed by atoms with van der Waals surface area (Å²) in [4.78, 5) is 0. The summed E-state index contributed by atoms with van der Waals surface area (Å²) in [5.41, 5.74) is 0.744. The number of rotatable bonds is 5. The van der Waals surface area contributed by atoms with E-state index >= 15 is 0 Å². The summed E-state index contributed by atoms with van der Waals surface area (Å²) in [6.45, 7) is 11.5. The van der Waals surface area contributed by atoms with E-state index in [1.165, 1.54) is 44.9 Å². The van der Waals surface area contributed by atoms with Crippen LogP contribution in [-0.4, -0.2) is 33.6 Å². The van der Waals surface area contributed by atoms with Crippen LogP contribution < -0.4 is 0 Å². The molecule has 0 bridgehead atoms. The van der Waals surface area contributed by atoms with Gasteiger partial charge in [0.25, 0.3) is 0 Å².